The average Bonchev–Trinajstić information content (AvgIpc) is 2.29. The molecule has 0 heteroatoms. The molecule has 0 radical (unpaired) electrons. The van der Waals surface area contributed by atoms with Gasteiger partial charge in [0.1, 0.15) is 0 Å². The monoisotopic (exact) mass is 236 g/mol. The number of hydrogen-bond acceptors (Lipinski definition) is 0. The maximum atomic E-state index is 2.47. The fraction of sp³-hybridized carbons (Fsp3) is 1.00. The van der Waals surface area contributed by atoms with Crippen molar-refractivity contribution in [2.24, 2.45) is 35.5 Å². The second kappa shape index (κ2) is 5.76. The maximum Gasteiger partial charge on any atom is -0.0409 e. The molecular weight excluding hydrogens is 204 g/mol. The highest BCUT2D eigenvalue weighted by Crippen LogP contribution is 2.41. The van der Waals surface area contributed by atoms with Crippen molar-refractivity contribution in [2.75, 3.05) is 0 Å². The van der Waals surface area contributed by atoms with Crippen LogP contribution >= 0.6 is 0 Å². The lowest BCUT2D eigenvalue weighted by molar-refractivity contribution is 0.139. The Morgan fingerprint density at radius 1 is 0.588 bits per heavy atom. The summed E-state index contributed by atoms with van der Waals surface area (Å²) in [4.78, 5) is 0. The van der Waals surface area contributed by atoms with Crippen molar-refractivity contribution < 1.29 is 0 Å². The minimum Gasteiger partial charge on any atom is -0.0623 e. The molecule has 2 aliphatic carbocycles. The van der Waals surface area contributed by atoms with Crippen LogP contribution in [-0.4, -0.2) is 0 Å². The molecule has 2 rings (SSSR count). The zero-order valence-electron chi connectivity index (χ0n) is 12.4. The molecule has 0 aromatic rings. The van der Waals surface area contributed by atoms with E-state index in [1.807, 2.05) is 0 Å². The largest absolute Gasteiger partial charge is 0.0623 e. The Bertz CT molecular complexity index is 208. The summed E-state index contributed by atoms with van der Waals surface area (Å²) in [6, 6.07) is 0. The summed E-state index contributed by atoms with van der Waals surface area (Å²) in [6.07, 6.45) is 10.6. The van der Waals surface area contributed by atoms with Gasteiger partial charge in [0.2, 0.25) is 0 Å². The average molecular weight is 236 g/mol. The summed E-state index contributed by atoms with van der Waals surface area (Å²) >= 11 is 0. The van der Waals surface area contributed by atoms with Gasteiger partial charge < -0.3 is 0 Å². The molecule has 4 unspecified atom stereocenters. The van der Waals surface area contributed by atoms with Crippen LogP contribution in [0.4, 0.5) is 0 Å². The molecule has 2 saturated carbocycles. The third-order valence-corrected chi connectivity index (χ3v) is 6.08. The number of hydrogen-bond donors (Lipinski definition) is 0. The van der Waals surface area contributed by atoms with Crippen LogP contribution in [0.1, 0.15) is 72.6 Å². The summed E-state index contributed by atoms with van der Waals surface area (Å²) in [5.41, 5.74) is 0. The smallest absolute Gasteiger partial charge is 0.0409 e. The standard InChI is InChI=1S/C17H32/c1-12-5-7-16(9-14(12)3)11-17-8-6-13(2)15(4)10-17/h12-17H,5-11H2,1-4H3/t12-,13+,14?,15?,16?,17?. The minimum atomic E-state index is 0.980. The van der Waals surface area contributed by atoms with E-state index in [0.717, 1.165) is 35.5 Å². The zero-order chi connectivity index (χ0) is 12.4. The van der Waals surface area contributed by atoms with E-state index in [1.165, 1.54) is 38.5 Å². The van der Waals surface area contributed by atoms with E-state index in [4.69, 9.17) is 0 Å². The Morgan fingerprint density at radius 3 is 1.35 bits per heavy atom. The highest BCUT2D eigenvalue weighted by atomic mass is 14.4. The van der Waals surface area contributed by atoms with Gasteiger partial charge in [0, 0.05) is 0 Å². The van der Waals surface area contributed by atoms with Crippen LogP contribution < -0.4 is 0 Å². The molecule has 0 aromatic carbocycles. The van der Waals surface area contributed by atoms with Gasteiger partial charge in [-0.05, 0) is 54.8 Å². The molecule has 0 heterocycles. The first kappa shape index (κ1) is 13.4. The molecule has 100 valence electrons. The van der Waals surface area contributed by atoms with E-state index in [2.05, 4.69) is 27.7 Å². The van der Waals surface area contributed by atoms with E-state index < -0.39 is 0 Å². The molecule has 0 bridgehead atoms. The van der Waals surface area contributed by atoms with E-state index in [1.54, 1.807) is 6.42 Å². The normalized spacial score (nSPS) is 48.0. The maximum absolute atomic E-state index is 2.47. The number of rotatable bonds is 2. The summed E-state index contributed by atoms with van der Waals surface area (Å²) in [5, 5.41) is 0. The summed E-state index contributed by atoms with van der Waals surface area (Å²) in [7, 11) is 0. The predicted molar refractivity (Wildman–Crippen MR) is 76.0 cm³/mol. The predicted octanol–water partition coefficient (Wildman–Crippen LogP) is 5.52. The first-order valence-corrected chi connectivity index (χ1v) is 8.06. The van der Waals surface area contributed by atoms with Crippen LogP contribution in [0, 0.1) is 35.5 Å². The van der Waals surface area contributed by atoms with Crippen molar-refractivity contribution >= 4 is 0 Å². The van der Waals surface area contributed by atoms with Gasteiger partial charge in [-0.3, -0.25) is 0 Å². The lowest BCUT2D eigenvalue weighted by Gasteiger charge is -2.37. The Morgan fingerprint density at radius 2 is 1.00 bits per heavy atom. The molecule has 17 heavy (non-hydrogen) atoms. The Kier molecular flexibility index (Phi) is 4.55. The summed E-state index contributed by atoms with van der Waals surface area (Å²) < 4.78 is 0. The van der Waals surface area contributed by atoms with Gasteiger partial charge in [0.05, 0.1) is 0 Å². The van der Waals surface area contributed by atoms with E-state index in [9.17, 15) is 0 Å². The second-order valence-corrected chi connectivity index (χ2v) is 7.50. The van der Waals surface area contributed by atoms with E-state index in [0.29, 0.717) is 0 Å². The zero-order valence-corrected chi connectivity index (χ0v) is 12.4. The highest BCUT2D eigenvalue weighted by Gasteiger charge is 2.30. The molecule has 0 aromatic heterocycles. The van der Waals surface area contributed by atoms with Gasteiger partial charge in [0.15, 0.2) is 0 Å². The molecule has 0 amide bonds. The van der Waals surface area contributed by atoms with E-state index >= 15 is 0 Å². The fourth-order valence-electron chi connectivity index (χ4n) is 4.22. The van der Waals surface area contributed by atoms with Crippen LogP contribution in [0.3, 0.4) is 0 Å². The lowest BCUT2D eigenvalue weighted by Crippen LogP contribution is -2.26. The summed E-state index contributed by atoms with van der Waals surface area (Å²) in [6.45, 7) is 9.85. The topological polar surface area (TPSA) is 0 Å². The molecule has 0 saturated heterocycles. The highest BCUT2D eigenvalue weighted by molar-refractivity contribution is 4.81. The molecule has 0 spiro atoms. The Balaban J connectivity index is 1.78. The molecule has 2 fully saturated rings. The van der Waals surface area contributed by atoms with Crippen molar-refractivity contribution in [3.05, 3.63) is 0 Å². The van der Waals surface area contributed by atoms with E-state index in [-0.39, 0.29) is 0 Å². The van der Waals surface area contributed by atoms with Crippen molar-refractivity contribution in [3.8, 4) is 0 Å². The van der Waals surface area contributed by atoms with Crippen molar-refractivity contribution in [2.45, 2.75) is 72.6 Å². The van der Waals surface area contributed by atoms with Crippen molar-refractivity contribution in [1.29, 1.82) is 0 Å². The Hall–Kier alpha value is 0. The third-order valence-electron chi connectivity index (χ3n) is 6.08. The molecule has 0 N–H and O–H groups in total. The van der Waals surface area contributed by atoms with Gasteiger partial charge >= 0.3 is 0 Å². The van der Waals surface area contributed by atoms with Gasteiger partial charge in [-0.1, -0.05) is 53.4 Å². The molecule has 0 nitrogen and oxygen atoms in total. The van der Waals surface area contributed by atoms with Crippen LogP contribution in [0.25, 0.3) is 0 Å². The fourth-order valence-corrected chi connectivity index (χ4v) is 4.22. The minimum absolute atomic E-state index is 0.980. The second-order valence-electron chi connectivity index (χ2n) is 7.50. The van der Waals surface area contributed by atoms with Crippen LogP contribution in [0.5, 0.6) is 0 Å². The lowest BCUT2D eigenvalue weighted by atomic mass is 9.68. The van der Waals surface area contributed by atoms with Crippen molar-refractivity contribution in [3.63, 3.8) is 0 Å². The molecule has 6 atom stereocenters. The van der Waals surface area contributed by atoms with Crippen LogP contribution in [0.15, 0.2) is 0 Å². The van der Waals surface area contributed by atoms with Crippen molar-refractivity contribution in [1.82, 2.24) is 0 Å². The molecular formula is C17H32. The first-order valence-electron chi connectivity index (χ1n) is 8.06. The van der Waals surface area contributed by atoms with Gasteiger partial charge in [0.25, 0.3) is 0 Å². The Labute approximate surface area is 109 Å². The summed E-state index contributed by atoms with van der Waals surface area (Å²) in [5.74, 6) is 6.05. The van der Waals surface area contributed by atoms with Gasteiger partial charge in [-0.25, -0.2) is 0 Å². The third kappa shape index (κ3) is 3.48. The van der Waals surface area contributed by atoms with Crippen LogP contribution in [-0.2, 0) is 0 Å². The molecule has 2 aliphatic rings. The first-order chi connectivity index (χ1) is 8.06. The quantitative estimate of drug-likeness (QED) is 0.592. The molecule has 0 aliphatic heterocycles. The van der Waals surface area contributed by atoms with Crippen LogP contribution in [0.2, 0.25) is 0 Å². The SMILES string of the molecule is CC1CC(CC2CC[C@H](C)C(C)C2)CC[C@H]1C. The van der Waals surface area contributed by atoms with Gasteiger partial charge in [-0.15, -0.1) is 0 Å². The van der Waals surface area contributed by atoms with Gasteiger partial charge in [-0.2, -0.15) is 0 Å².